The van der Waals surface area contributed by atoms with E-state index in [1.807, 2.05) is 12.2 Å². The molecule has 0 aliphatic carbocycles. The molecule has 7 heavy (non-hydrogen) atoms. The third kappa shape index (κ3) is 5.02. The summed E-state index contributed by atoms with van der Waals surface area (Å²) in [5, 5.41) is 0. The predicted molar refractivity (Wildman–Crippen MR) is 32.7 cm³/mol. The molecule has 0 saturated heterocycles. The van der Waals surface area contributed by atoms with Gasteiger partial charge < -0.3 is 5.73 Å². The van der Waals surface area contributed by atoms with Crippen molar-refractivity contribution in [3.63, 3.8) is 0 Å². The van der Waals surface area contributed by atoms with E-state index in [1.54, 1.807) is 12.2 Å². The van der Waals surface area contributed by atoms with E-state index in [0.29, 0.717) is 0 Å². The van der Waals surface area contributed by atoms with Crippen molar-refractivity contribution in [1.29, 1.82) is 0 Å². The lowest BCUT2D eigenvalue weighted by atomic mass is 10.5. The smallest absolute Gasteiger partial charge is 0.00624 e. The molecule has 0 rings (SSSR count). The second-order valence-corrected chi connectivity index (χ2v) is 1.01. The summed E-state index contributed by atoms with van der Waals surface area (Å²) in [5.41, 5.74) is 5.00. The lowest BCUT2D eigenvalue weighted by Crippen LogP contribution is -1.71. The third-order valence-corrected chi connectivity index (χ3v) is 0.469. The van der Waals surface area contributed by atoms with Crippen molar-refractivity contribution in [3.05, 3.63) is 37.1 Å². The Morgan fingerprint density at radius 1 is 1.14 bits per heavy atom. The maximum Gasteiger partial charge on any atom is -0.00624 e. The van der Waals surface area contributed by atoms with Gasteiger partial charge in [0, 0.05) is 0 Å². The van der Waals surface area contributed by atoms with Gasteiger partial charge in [0.15, 0.2) is 0 Å². The van der Waals surface area contributed by atoms with E-state index in [2.05, 4.69) is 6.58 Å². The molecule has 2 N–H and O–H groups in total. The molecule has 0 fully saturated rings. The molecule has 0 heterocycles. The van der Waals surface area contributed by atoms with Gasteiger partial charge in [-0.1, -0.05) is 24.8 Å². The zero-order valence-electron chi connectivity index (χ0n) is 4.17. The van der Waals surface area contributed by atoms with Gasteiger partial charge in [0.05, 0.1) is 0 Å². The van der Waals surface area contributed by atoms with Crippen LogP contribution in [-0.4, -0.2) is 0 Å². The fourth-order valence-corrected chi connectivity index (χ4v) is 0.207. The fraction of sp³-hybridized carbons (Fsp3) is 0. The van der Waals surface area contributed by atoms with Gasteiger partial charge in [-0.3, -0.25) is 0 Å². The molecule has 0 atom stereocenters. The molecule has 0 aromatic carbocycles. The van der Waals surface area contributed by atoms with Crippen LogP contribution in [0.5, 0.6) is 0 Å². The summed E-state index contributed by atoms with van der Waals surface area (Å²) in [4.78, 5) is 0. The van der Waals surface area contributed by atoms with E-state index >= 15 is 0 Å². The molecule has 0 bridgehead atoms. The maximum absolute atomic E-state index is 5.00. The van der Waals surface area contributed by atoms with Crippen molar-refractivity contribution in [3.8, 4) is 0 Å². The topological polar surface area (TPSA) is 26.0 Å². The van der Waals surface area contributed by atoms with Crippen molar-refractivity contribution in [2.45, 2.75) is 0 Å². The van der Waals surface area contributed by atoms with Crippen LogP contribution in [0.2, 0.25) is 0 Å². The molecule has 1 nitrogen and oxygen atoms in total. The highest BCUT2D eigenvalue weighted by Crippen LogP contribution is 1.71. The maximum atomic E-state index is 5.00. The first-order chi connectivity index (χ1) is 3.41. The minimum atomic E-state index is 1.47. The molecule has 0 amide bonds. The monoisotopic (exact) mass is 95.1 g/mol. The summed E-state index contributed by atoms with van der Waals surface area (Å²) in [7, 11) is 0. The minimum absolute atomic E-state index is 1.47. The zero-order chi connectivity index (χ0) is 5.54. The van der Waals surface area contributed by atoms with Crippen molar-refractivity contribution < 1.29 is 0 Å². The lowest BCUT2D eigenvalue weighted by molar-refractivity contribution is 1.60. The highest BCUT2D eigenvalue weighted by Gasteiger charge is 1.52. The average Bonchev–Trinajstić information content (AvgIpc) is 1.69. The SMILES string of the molecule is C=C/C=C\C=C\N. The van der Waals surface area contributed by atoms with Gasteiger partial charge in [-0.25, -0.2) is 0 Å². The highest BCUT2D eigenvalue weighted by atomic mass is 14.5. The van der Waals surface area contributed by atoms with E-state index < -0.39 is 0 Å². The van der Waals surface area contributed by atoms with Crippen LogP contribution in [0, 0.1) is 0 Å². The molecule has 0 aliphatic heterocycles. The number of allylic oxidation sites excluding steroid dienone is 4. The van der Waals surface area contributed by atoms with Crippen LogP contribution in [0.1, 0.15) is 0 Å². The highest BCUT2D eigenvalue weighted by molar-refractivity contribution is 5.07. The first-order valence-corrected chi connectivity index (χ1v) is 2.07. The minimum Gasteiger partial charge on any atom is -0.405 e. The Hall–Kier alpha value is -0.980. The normalized spacial score (nSPS) is 10.9. The Kier molecular flexibility index (Phi) is 4.32. The Bertz CT molecular complexity index is 90.4. The first kappa shape index (κ1) is 6.02. The van der Waals surface area contributed by atoms with Gasteiger partial charge in [0.2, 0.25) is 0 Å². The molecule has 0 unspecified atom stereocenters. The molecule has 38 valence electrons. The molecule has 0 aromatic rings. The van der Waals surface area contributed by atoms with Gasteiger partial charge in [-0.05, 0) is 12.3 Å². The van der Waals surface area contributed by atoms with E-state index in [9.17, 15) is 0 Å². The quantitative estimate of drug-likeness (QED) is 0.512. The summed E-state index contributed by atoms with van der Waals surface area (Å²) in [6.45, 7) is 3.47. The second kappa shape index (κ2) is 5.02. The van der Waals surface area contributed by atoms with Gasteiger partial charge in [-0.2, -0.15) is 0 Å². The van der Waals surface area contributed by atoms with Crippen molar-refractivity contribution in [2.75, 3.05) is 0 Å². The number of hydrogen-bond acceptors (Lipinski definition) is 1. The largest absolute Gasteiger partial charge is 0.405 e. The summed E-state index contributed by atoms with van der Waals surface area (Å²) >= 11 is 0. The van der Waals surface area contributed by atoms with Crippen molar-refractivity contribution in [2.24, 2.45) is 5.73 Å². The van der Waals surface area contributed by atoms with E-state index in [4.69, 9.17) is 5.73 Å². The second-order valence-electron chi connectivity index (χ2n) is 1.01. The van der Waals surface area contributed by atoms with Crippen LogP contribution >= 0.6 is 0 Å². The molecule has 0 radical (unpaired) electrons. The van der Waals surface area contributed by atoms with Crippen LogP contribution in [0.3, 0.4) is 0 Å². The van der Waals surface area contributed by atoms with Crippen molar-refractivity contribution in [1.82, 2.24) is 0 Å². The Labute approximate surface area is 43.8 Å². The van der Waals surface area contributed by atoms with Gasteiger partial charge in [0.25, 0.3) is 0 Å². The van der Waals surface area contributed by atoms with Crippen molar-refractivity contribution >= 4 is 0 Å². The molecule has 0 saturated carbocycles. The standard InChI is InChI=1S/C6H9N/c1-2-3-4-5-6-7/h2-6H,1,7H2/b4-3-,6-5+. The summed E-state index contributed by atoms with van der Waals surface area (Å²) in [5.74, 6) is 0. The van der Waals surface area contributed by atoms with Gasteiger partial charge in [0.1, 0.15) is 0 Å². The van der Waals surface area contributed by atoms with Crippen LogP contribution in [0.4, 0.5) is 0 Å². The first-order valence-electron chi connectivity index (χ1n) is 2.07. The number of nitrogens with two attached hydrogens (primary N) is 1. The Morgan fingerprint density at radius 3 is 2.29 bits per heavy atom. The van der Waals surface area contributed by atoms with Crippen LogP contribution < -0.4 is 5.73 Å². The lowest BCUT2D eigenvalue weighted by Gasteiger charge is -1.66. The fourth-order valence-electron chi connectivity index (χ4n) is 0.207. The van der Waals surface area contributed by atoms with Crippen LogP contribution in [-0.2, 0) is 0 Å². The van der Waals surface area contributed by atoms with E-state index in [1.165, 1.54) is 6.20 Å². The predicted octanol–water partition coefficient (Wildman–Crippen LogP) is 1.20. The van der Waals surface area contributed by atoms with E-state index in [-0.39, 0.29) is 0 Å². The Balaban J connectivity index is 3.27. The van der Waals surface area contributed by atoms with Gasteiger partial charge >= 0.3 is 0 Å². The average molecular weight is 95.1 g/mol. The van der Waals surface area contributed by atoms with Gasteiger partial charge in [-0.15, -0.1) is 0 Å². The third-order valence-electron chi connectivity index (χ3n) is 0.469. The molecular weight excluding hydrogens is 86.1 g/mol. The summed E-state index contributed by atoms with van der Waals surface area (Å²) < 4.78 is 0. The van der Waals surface area contributed by atoms with E-state index in [0.717, 1.165) is 0 Å². The van der Waals surface area contributed by atoms with Crippen LogP contribution in [0.15, 0.2) is 37.1 Å². The molecule has 1 heteroatoms. The molecule has 0 aliphatic rings. The molecular formula is C6H9N. The Morgan fingerprint density at radius 2 is 1.86 bits per heavy atom. The number of hydrogen-bond donors (Lipinski definition) is 1. The molecule has 0 spiro atoms. The summed E-state index contributed by atoms with van der Waals surface area (Å²) in [6, 6.07) is 0. The zero-order valence-corrected chi connectivity index (χ0v) is 4.17. The molecule has 0 aromatic heterocycles. The summed E-state index contributed by atoms with van der Waals surface area (Å²) in [6.07, 6.45) is 8.53. The number of rotatable bonds is 2. The van der Waals surface area contributed by atoms with Crippen LogP contribution in [0.25, 0.3) is 0 Å².